The Morgan fingerprint density at radius 3 is 2.44 bits per heavy atom. The summed E-state index contributed by atoms with van der Waals surface area (Å²) < 4.78 is 13.2. The molecule has 0 heterocycles. The first-order valence-corrected chi connectivity index (χ1v) is 4.15. The van der Waals surface area contributed by atoms with Crippen molar-refractivity contribution in [2.24, 2.45) is 0 Å². The van der Waals surface area contributed by atoms with E-state index in [9.17, 15) is 14.0 Å². The molecule has 0 amide bonds. The number of halogens is 1. The highest BCUT2D eigenvalue weighted by Crippen LogP contribution is 2.19. The van der Waals surface area contributed by atoms with Gasteiger partial charge in [0.25, 0.3) is 0 Å². The average molecular weight is 225 g/mol. The van der Waals surface area contributed by atoms with Crippen molar-refractivity contribution in [3.63, 3.8) is 0 Å². The van der Waals surface area contributed by atoms with Crippen molar-refractivity contribution >= 4 is 23.7 Å². The summed E-state index contributed by atoms with van der Waals surface area (Å²) in [6.45, 7) is 0. The third kappa shape index (κ3) is 2.57. The second-order valence-corrected chi connectivity index (χ2v) is 2.94. The van der Waals surface area contributed by atoms with Crippen LogP contribution < -0.4 is 5.73 Å². The lowest BCUT2D eigenvalue weighted by Gasteiger charge is -2.03. The van der Waals surface area contributed by atoms with E-state index in [2.05, 4.69) is 0 Å². The minimum absolute atomic E-state index is 0.144. The van der Waals surface area contributed by atoms with Gasteiger partial charge in [0.1, 0.15) is 5.82 Å². The van der Waals surface area contributed by atoms with Crippen molar-refractivity contribution in [2.45, 2.75) is 0 Å². The zero-order valence-electron chi connectivity index (χ0n) is 7.98. The summed E-state index contributed by atoms with van der Waals surface area (Å²) in [5.74, 6) is -3.34. The van der Waals surface area contributed by atoms with Crippen molar-refractivity contribution in [2.75, 3.05) is 5.73 Å². The van der Waals surface area contributed by atoms with E-state index in [1.807, 2.05) is 0 Å². The standard InChI is InChI=1S/C10H8FNO4/c11-7-4-8(12)6(10(15)16)3-5(7)1-2-9(13)14/h1-4H,12H2,(H,13,14)(H,15,16). The molecule has 0 aliphatic rings. The number of aliphatic carboxylic acids is 1. The molecule has 0 aliphatic heterocycles. The molecule has 0 radical (unpaired) electrons. The molecule has 16 heavy (non-hydrogen) atoms. The van der Waals surface area contributed by atoms with Gasteiger partial charge in [0.15, 0.2) is 0 Å². The van der Waals surface area contributed by atoms with Gasteiger partial charge in [0.2, 0.25) is 0 Å². The highest BCUT2D eigenvalue weighted by Gasteiger charge is 2.11. The molecule has 6 heteroatoms. The topological polar surface area (TPSA) is 101 Å². The highest BCUT2D eigenvalue weighted by molar-refractivity contribution is 5.95. The Morgan fingerprint density at radius 2 is 1.94 bits per heavy atom. The van der Waals surface area contributed by atoms with Gasteiger partial charge in [-0.15, -0.1) is 0 Å². The van der Waals surface area contributed by atoms with Crippen molar-refractivity contribution < 1.29 is 24.2 Å². The van der Waals surface area contributed by atoms with Gasteiger partial charge in [-0.25, -0.2) is 14.0 Å². The molecule has 0 fully saturated rings. The molecule has 5 nitrogen and oxygen atoms in total. The monoisotopic (exact) mass is 225 g/mol. The zero-order chi connectivity index (χ0) is 12.3. The summed E-state index contributed by atoms with van der Waals surface area (Å²) >= 11 is 0. The minimum Gasteiger partial charge on any atom is -0.478 e. The Morgan fingerprint density at radius 1 is 1.31 bits per heavy atom. The lowest BCUT2D eigenvalue weighted by atomic mass is 10.1. The van der Waals surface area contributed by atoms with Gasteiger partial charge in [0, 0.05) is 17.3 Å². The van der Waals surface area contributed by atoms with Crippen molar-refractivity contribution in [1.82, 2.24) is 0 Å². The molecule has 0 unspecified atom stereocenters. The molecule has 0 spiro atoms. The largest absolute Gasteiger partial charge is 0.478 e. The first kappa shape index (κ1) is 11.7. The van der Waals surface area contributed by atoms with E-state index in [-0.39, 0.29) is 16.8 Å². The summed E-state index contributed by atoms with van der Waals surface area (Å²) in [5, 5.41) is 17.1. The normalized spacial score (nSPS) is 10.6. The van der Waals surface area contributed by atoms with Crippen LogP contribution in [0.15, 0.2) is 18.2 Å². The first-order chi connectivity index (χ1) is 7.41. The molecular weight excluding hydrogens is 217 g/mol. The van der Waals surface area contributed by atoms with E-state index in [1.54, 1.807) is 0 Å². The van der Waals surface area contributed by atoms with Crippen LogP contribution in [0, 0.1) is 5.82 Å². The number of hydrogen-bond donors (Lipinski definition) is 3. The fraction of sp³-hybridized carbons (Fsp3) is 0. The van der Waals surface area contributed by atoms with Crippen molar-refractivity contribution in [3.8, 4) is 0 Å². The Balaban J connectivity index is 3.25. The molecule has 0 saturated heterocycles. The molecule has 0 aromatic heterocycles. The quantitative estimate of drug-likeness (QED) is 0.530. The third-order valence-corrected chi connectivity index (χ3v) is 1.80. The van der Waals surface area contributed by atoms with E-state index in [4.69, 9.17) is 15.9 Å². The smallest absolute Gasteiger partial charge is 0.337 e. The summed E-state index contributed by atoms with van der Waals surface area (Å²) in [6.07, 6.45) is 1.67. The van der Waals surface area contributed by atoms with Crippen LogP contribution in [0.25, 0.3) is 6.08 Å². The van der Waals surface area contributed by atoms with Crippen LogP contribution in [0.4, 0.5) is 10.1 Å². The molecule has 84 valence electrons. The Labute approximate surface area is 89.6 Å². The van der Waals surface area contributed by atoms with E-state index in [0.29, 0.717) is 6.08 Å². The Bertz CT molecular complexity index is 482. The number of carbonyl (C=O) groups is 2. The number of nitrogen functional groups attached to an aromatic ring is 1. The SMILES string of the molecule is Nc1cc(F)c(C=CC(=O)O)cc1C(=O)O. The number of hydrogen-bond acceptors (Lipinski definition) is 3. The maximum Gasteiger partial charge on any atom is 0.337 e. The second kappa shape index (κ2) is 4.43. The summed E-state index contributed by atoms with van der Waals surface area (Å²) in [7, 11) is 0. The highest BCUT2D eigenvalue weighted by atomic mass is 19.1. The number of nitrogens with two attached hydrogens (primary N) is 1. The Kier molecular flexibility index (Phi) is 3.24. The fourth-order valence-corrected chi connectivity index (χ4v) is 1.08. The van der Waals surface area contributed by atoms with Crippen LogP contribution in [-0.2, 0) is 4.79 Å². The van der Waals surface area contributed by atoms with E-state index < -0.39 is 17.8 Å². The molecule has 1 aromatic rings. The number of rotatable bonds is 3. The number of anilines is 1. The molecule has 1 aromatic carbocycles. The summed E-state index contributed by atoms with van der Waals surface area (Å²) in [4.78, 5) is 20.9. The first-order valence-electron chi connectivity index (χ1n) is 4.15. The van der Waals surface area contributed by atoms with Gasteiger partial charge >= 0.3 is 11.9 Å². The zero-order valence-corrected chi connectivity index (χ0v) is 7.98. The van der Waals surface area contributed by atoms with Crippen LogP contribution in [0.1, 0.15) is 15.9 Å². The van der Waals surface area contributed by atoms with Gasteiger partial charge in [0.05, 0.1) is 5.56 Å². The number of aromatic carboxylic acids is 1. The summed E-state index contributed by atoms with van der Waals surface area (Å²) in [5.41, 5.74) is 4.66. The van der Waals surface area contributed by atoms with Gasteiger partial charge in [-0.2, -0.15) is 0 Å². The van der Waals surface area contributed by atoms with Crippen LogP contribution in [-0.4, -0.2) is 22.2 Å². The number of carboxylic acids is 2. The molecular formula is C10H8FNO4. The van der Waals surface area contributed by atoms with Gasteiger partial charge < -0.3 is 15.9 Å². The molecule has 0 saturated carbocycles. The van der Waals surface area contributed by atoms with Crippen molar-refractivity contribution in [3.05, 3.63) is 35.2 Å². The van der Waals surface area contributed by atoms with Crippen LogP contribution in [0.3, 0.4) is 0 Å². The van der Waals surface area contributed by atoms with Crippen LogP contribution >= 0.6 is 0 Å². The lowest BCUT2D eigenvalue weighted by Crippen LogP contribution is -2.04. The van der Waals surface area contributed by atoms with Crippen LogP contribution in [0.5, 0.6) is 0 Å². The fourth-order valence-electron chi connectivity index (χ4n) is 1.08. The van der Waals surface area contributed by atoms with Gasteiger partial charge in [-0.05, 0) is 18.2 Å². The number of carboxylic acid groups (broad SMARTS) is 2. The maximum atomic E-state index is 13.2. The van der Waals surface area contributed by atoms with Crippen molar-refractivity contribution in [1.29, 1.82) is 0 Å². The van der Waals surface area contributed by atoms with Crippen LogP contribution in [0.2, 0.25) is 0 Å². The maximum absolute atomic E-state index is 13.2. The molecule has 0 atom stereocenters. The molecule has 0 aliphatic carbocycles. The molecule has 4 N–H and O–H groups in total. The van der Waals surface area contributed by atoms with E-state index >= 15 is 0 Å². The number of benzene rings is 1. The molecule has 0 bridgehead atoms. The second-order valence-electron chi connectivity index (χ2n) is 2.94. The van der Waals surface area contributed by atoms with Gasteiger partial charge in [-0.3, -0.25) is 0 Å². The van der Waals surface area contributed by atoms with E-state index in [1.165, 1.54) is 0 Å². The predicted molar refractivity (Wildman–Crippen MR) is 54.4 cm³/mol. The predicted octanol–water partition coefficient (Wildman–Crippen LogP) is 1.20. The average Bonchev–Trinajstić information content (AvgIpc) is 2.15. The molecule has 1 rings (SSSR count). The lowest BCUT2D eigenvalue weighted by molar-refractivity contribution is -0.131. The van der Waals surface area contributed by atoms with Gasteiger partial charge in [-0.1, -0.05) is 0 Å². The third-order valence-electron chi connectivity index (χ3n) is 1.80. The Hall–Kier alpha value is -2.37. The minimum atomic E-state index is -1.30. The van der Waals surface area contributed by atoms with E-state index in [0.717, 1.165) is 18.2 Å². The summed E-state index contributed by atoms with van der Waals surface area (Å²) in [6, 6.07) is 1.82.